The first kappa shape index (κ1) is 11.3. The fourth-order valence-electron chi connectivity index (χ4n) is 3.44. The first-order chi connectivity index (χ1) is 8.34. The van der Waals surface area contributed by atoms with Gasteiger partial charge in [0, 0.05) is 13.2 Å². The summed E-state index contributed by atoms with van der Waals surface area (Å²) in [7, 11) is 2.06. The van der Waals surface area contributed by atoms with Gasteiger partial charge in [0.05, 0.1) is 11.7 Å². The molecule has 1 saturated heterocycles. The van der Waals surface area contributed by atoms with Crippen molar-refractivity contribution in [3.63, 3.8) is 0 Å². The maximum absolute atomic E-state index is 4.72. The molecule has 1 saturated carbocycles. The average Bonchev–Trinajstić information content (AvgIpc) is 2.98. The van der Waals surface area contributed by atoms with Crippen LogP contribution in [0.25, 0.3) is 0 Å². The Morgan fingerprint density at radius 1 is 1.18 bits per heavy atom. The van der Waals surface area contributed by atoms with E-state index in [4.69, 9.17) is 5.10 Å². The second-order valence-corrected chi connectivity index (χ2v) is 5.63. The normalized spacial score (nSPS) is 26.5. The summed E-state index contributed by atoms with van der Waals surface area (Å²) in [5.74, 6) is 0.773. The fraction of sp³-hybridized carbons (Fsp3) is 0.786. The zero-order valence-corrected chi connectivity index (χ0v) is 10.8. The van der Waals surface area contributed by atoms with Crippen LogP contribution in [0.3, 0.4) is 0 Å². The molecule has 1 aliphatic carbocycles. The number of nitrogens with one attached hydrogen (secondary N) is 1. The summed E-state index contributed by atoms with van der Waals surface area (Å²) in [4.78, 5) is 0. The van der Waals surface area contributed by atoms with Gasteiger partial charge in [-0.3, -0.25) is 4.68 Å². The predicted molar refractivity (Wildman–Crippen MR) is 69.0 cm³/mol. The molecule has 0 bridgehead atoms. The molecule has 3 rings (SSSR count). The number of aryl methyl sites for hydroxylation is 1. The zero-order chi connectivity index (χ0) is 11.7. The van der Waals surface area contributed by atoms with E-state index in [1.807, 2.05) is 4.68 Å². The van der Waals surface area contributed by atoms with Crippen molar-refractivity contribution in [2.75, 3.05) is 6.54 Å². The summed E-state index contributed by atoms with van der Waals surface area (Å²) >= 11 is 0. The van der Waals surface area contributed by atoms with Gasteiger partial charge >= 0.3 is 0 Å². The zero-order valence-electron chi connectivity index (χ0n) is 10.8. The third-order valence-electron chi connectivity index (χ3n) is 4.32. The molecule has 1 aliphatic heterocycles. The summed E-state index contributed by atoms with van der Waals surface area (Å²) < 4.78 is 2.01. The van der Waals surface area contributed by atoms with Gasteiger partial charge in [-0.15, -0.1) is 0 Å². The molecule has 0 aromatic carbocycles. The Morgan fingerprint density at radius 2 is 2.00 bits per heavy atom. The fourth-order valence-corrected chi connectivity index (χ4v) is 3.44. The second kappa shape index (κ2) is 4.81. The van der Waals surface area contributed by atoms with Gasteiger partial charge in [0.2, 0.25) is 0 Å². The lowest BCUT2D eigenvalue weighted by atomic mass is 9.83. The van der Waals surface area contributed by atoms with E-state index in [1.54, 1.807) is 0 Å². The molecule has 3 nitrogen and oxygen atoms in total. The maximum Gasteiger partial charge on any atom is 0.0828 e. The number of hydrogen-bond acceptors (Lipinski definition) is 2. The first-order valence-electron chi connectivity index (χ1n) is 7.11. The summed E-state index contributed by atoms with van der Waals surface area (Å²) in [6.07, 6.45) is 11.8. The molecule has 1 aromatic rings. The molecule has 2 aliphatic rings. The second-order valence-electron chi connectivity index (χ2n) is 5.63. The van der Waals surface area contributed by atoms with Crippen LogP contribution < -0.4 is 5.32 Å². The Morgan fingerprint density at radius 3 is 2.71 bits per heavy atom. The molecule has 0 radical (unpaired) electrons. The standard InChI is InChI=1S/C14H23N3/c1-17-10-12(11-6-3-2-4-7-11)14(16-17)13-8-5-9-15-13/h10-11,13,15H,2-9H2,1H3. The third-order valence-corrected chi connectivity index (χ3v) is 4.32. The Hall–Kier alpha value is -0.830. The SMILES string of the molecule is Cn1cc(C2CCCCC2)c(C2CCCN2)n1. The molecule has 1 aromatic heterocycles. The lowest BCUT2D eigenvalue weighted by molar-refractivity contribution is 0.438. The topological polar surface area (TPSA) is 29.9 Å². The van der Waals surface area contributed by atoms with Crippen LogP contribution in [-0.2, 0) is 7.05 Å². The van der Waals surface area contributed by atoms with E-state index in [0.717, 1.165) is 12.5 Å². The van der Waals surface area contributed by atoms with Crippen molar-refractivity contribution in [3.05, 3.63) is 17.5 Å². The van der Waals surface area contributed by atoms with Crippen LogP contribution in [0.4, 0.5) is 0 Å². The molecule has 1 unspecified atom stereocenters. The molecular weight excluding hydrogens is 210 g/mol. The van der Waals surface area contributed by atoms with Gasteiger partial charge in [0.25, 0.3) is 0 Å². The van der Waals surface area contributed by atoms with Crippen molar-refractivity contribution in [3.8, 4) is 0 Å². The molecule has 1 N–H and O–H groups in total. The van der Waals surface area contributed by atoms with Crippen LogP contribution in [0.15, 0.2) is 6.20 Å². The Labute approximate surface area is 104 Å². The van der Waals surface area contributed by atoms with E-state index in [2.05, 4.69) is 18.6 Å². The minimum absolute atomic E-state index is 0.521. The van der Waals surface area contributed by atoms with Crippen LogP contribution in [0.1, 0.15) is 68.2 Å². The molecule has 2 fully saturated rings. The molecule has 94 valence electrons. The van der Waals surface area contributed by atoms with E-state index >= 15 is 0 Å². The number of aromatic nitrogens is 2. The highest BCUT2D eigenvalue weighted by Crippen LogP contribution is 2.37. The van der Waals surface area contributed by atoms with Gasteiger partial charge in [-0.05, 0) is 43.7 Å². The lowest BCUT2D eigenvalue weighted by Gasteiger charge is -2.22. The van der Waals surface area contributed by atoms with Crippen LogP contribution in [0, 0.1) is 0 Å². The molecule has 2 heterocycles. The van der Waals surface area contributed by atoms with Gasteiger partial charge in [0.1, 0.15) is 0 Å². The monoisotopic (exact) mass is 233 g/mol. The number of hydrogen-bond donors (Lipinski definition) is 1. The highest BCUT2D eigenvalue weighted by molar-refractivity contribution is 5.26. The highest BCUT2D eigenvalue weighted by atomic mass is 15.3. The molecule has 17 heavy (non-hydrogen) atoms. The van der Waals surface area contributed by atoms with Gasteiger partial charge in [0.15, 0.2) is 0 Å². The summed E-state index contributed by atoms with van der Waals surface area (Å²) in [6.45, 7) is 1.16. The summed E-state index contributed by atoms with van der Waals surface area (Å²) in [6, 6.07) is 0.521. The van der Waals surface area contributed by atoms with E-state index in [9.17, 15) is 0 Å². The van der Waals surface area contributed by atoms with Crippen molar-refractivity contribution >= 4 is 0 Å². The first-order valence-corrected chi connectivity index (χ1v) is 7.11. The van der Waals surface area contributed by atoms with Gasteiger partial charge < -0.3 is 5.32 Å². The Kier molecular flexibility index (Phi) is 3.19. The van der Waals surface area contributed by atoms with Gasteiger partial charge in [-0.25, -0.2) is 0 Å². The van der Waals surface area contributed by atoms with E-state index in [1.165, 1.54) is 56.2 Å². The van der Waals surface area contributed by atoms with Gasteiger partial charge in [-0.2, -0.15) is 5.10 Å². The Balaban J connectivity index is 1.86. The van der Waals surface area contributed by atoms with Crippen LogP contribution >= 0.6 is 0 Å². The number of nitrogens with zero attached hydrogens (tertiary/aromatic N) is 2. The van der Waals surface area contributed by atoms with Crippen molar-refractivity contribution in [1.29, 1.82) is 0 Å². The van der Waals surface area contributed by atoms with Gasteiger partial charge in [-0.1, -0.05) is 19.3 Å². The van der Waals surface area contributed by atoms with Crippen LogP contribution in [-0.4, -0.2) is 16.3 Å². The third kappa shape index (κ3) is 2.25. The summed E-state index contributed by atoms with van der Waals surface area (Å²) in [5, 5.41) is 8.31. The van der Waals surface area contributed by atoms with Crippen molar-refractivity contribution in [1.82, 2.24) is 15.1 Å². The molecule has 3 heteroatoms. The maximum atomic E-state index is 4.72. The van der Waals surface area contributed by atoms with Crippen molar-refractivity contribution < 1.29 is 0 Å². The van der Waals surface area contributed by atoms with Crippen molar-refractivity contribution in [2.45, 2.75) is 56.9 Å². The molecule has 0 amide bonds. The number of rotatable bonds is 2. The van der Waals surface area contributed by atoms with E-state index in [0.29, 0.717) is 6.04 Å². The largest absolute Gasteiger partial charge is 0.309 e. The van der Waals surface area contributed by atoms with Crippen LogP contribution in [0.5, 0.6) is 0 Å². The predicted octanol–water partition coefficient (Wildman–Crippen LogP) is 2.89. The minimum atomic E-state index is 0.521. The molecular formula is C14H23N3. The molecule has 1 atom stereocenters. The molecule has 0 spiro atoms. The minimum Gasteiger partial charge on any atom is -0.309 e. The quantitative estimate of drug-likeness (QED) is 0.851. The van der Waals surface area contributed by atoms with Crippen molar-refractivity contribution in [2.24, 2.45) is 7.05 Å². The highest BCUT2D eigenvalue weighted by Gasteiger charge is 2.27. The lowest BCUT2D eigenvalue weighted by Crippen LogP contribution is -2.16. The smallest absolute Gasteiger partial charge is 0.0828 e. The van der Waals surface area contributed by atoms with E-state index in [-0.39, 0.29) is 0 Å². The Bertz CT molecular complexity index is 371. The van der Waals surface area contributed by atoms with Crippen LogP contribution in [0.2, 0.25) is 0 Å². The summed E-state index contributed by atoms with van der Waals surface area (Å²) in [5.41, 5.74) is 2.88. The average molecular weight is 233 g/mol. The van der Waals surface area contributed by atoms with E-state index < -0.39 is 0 Å².